The third kappa shape index (κ3) is 4.42. The van der Waals surface area contributed by atoms with E-state index in [2.05, 4.69) is 40.2 Å². The second-order valence-electron chi connectivity index (χ2n) is 5.31. The zero-order valence-electron chi connectivity index (χ0n) is 11.7. The molecule has 0 radical (unpaired) electrons. The number of benzene rings is 1. The standard InChI is InChI=1S/C15H19BrFN3/c1-11(2)6-18-7-12-8-19-20(9-12)10-13-3-4-14(16)5-15(13)17/h3-5,8-9,11,18H,6-7,10H2,1-2H3. The highest BCUT2D eigenvalue weighted by Crippen LogP contribution is 2.16. The Kier molecular flexibility index (Phi) is 5.31. The predicted octanol–water partition coefficient (Wildman–Crippen LogP) is 3.58. The molecule has 1 N–H and O–H groups in total. The summed E-state index contributed by atoms with van der Waals surface area (Å²) in [6.45, 7) is 6.57. The van der Waals surface area contributed by atoms with Crippen LogP contribution in [-0.2, 0) is 13.1 Å². The van der Waals surface area contributed by atoms with Gasteiger partial charge in [0.1, 0.15) is 5.82 Å². The molecule has 3 nitrogen and oxygen atoms in total. The highest BCUT2D eigenvalue weighted by atomic mass is 79.9. The van der Waals surface area contributed by atoms with Crippen molar-refractivity contribution in [2.45, 2.75) is 26.9 Å². The zero-order valence-corrected chi connectivity index (χ0v) is 13.3. The van der Waals surface area contributed by atoms with Gasteiger partial charge in [-0.15, -0.1) is 0 Å². The van der Waals surface area contributed by atoms with Gasteiger partial charge in [0, 0.05) is 28.3 Å². The molecule has 0 spiro atoms. The average molecular weight is 340 g/mol. The van der Waals surface area contributed by atoms with Gasteiger partial charge in [-0.3, -0.25) is 4.68 Å². The Bertz CT molecular complexity index is 566. The Hall–Kier alpha value is -1.20. The van der Waals surface area contributed by atoms with Crippen LogP contribution in [0, 0.1) is 11.7 Å². The van der Waals surface area contributed by atoms with Crippen LogP contribution in [0.4, 0.5) is 4.39 Å². The summed E-state index contributed by atoms with van der Waals surface area (Å²) in [6, 6.07) is 5.09. The molecule has 0 atom stereocenters. The minimum atomic E-state index is -0.214. The lowest BCUT2D eigenvalue weighted by Crippen LogP contribution is -2.18. The molecule has 0 unspecified atom stereocenters. The van der Waals surface area contributed by atoms with E-state index in [9.17, 15) is 4.39 Å². The Labute approximate surface area is 127 Å². The summed E-state index contributed by atoms with van der Waals surface area (Å²) in [7, 11) is 0. The summed E-state index contributed by atoms with van der Waals surface area (Å²) in [5.74, 6) is 0.413. The summed E-state index contributed by atoms with van der Waals surface area (Å²) in [5, 5.41) is 7.63. The van der Waals surface area contributed by atoms with Crippen molar-refractivity contribution in [3.8, 4) is 0 Å². The molecule has 0 aliphatic carbocycles. The van der Waals surface area contributed by atoms with Crippen molar-refractivity contribution in [1.82, 2.24) is 15.1 Å². The van der Waals surface area contributed by atoms with Crippen LogP contribution >= 0.6 is 15.9 Å². The van der Waals surface area contributed by atoms with Gasteiger partial charge < -0.3 is 5.32 Å². The summed E-state index contributed by atoms with van der Waals surface area (Å²) in [6.07, 6.45) is 3.78. The van der Waals surface area contributed by atoms with Crippen LogP contribution in [0.2, 0.25) is 0 Å². The molecule has 0 fully saturated rings. The van der Waals surface area contributed by atoms with Crippen LogP contribution < -0.4 is 5.32 Å². The number of rotatable bonds is 6. The molecule has 0 saturated carbocycles. The van der Waals surface area contributed by atoms with E-state index in [1.165, 1.54) is 6.07 Å². The lowest BCUT2D eigenvalue weighted by Gasteiger charge is -2.05. The molecule has 0 bridgehead atoms. The minimum absolute atomic E-state index is 0.214. The fourth-order valence-corrected chi connectivity index (χ4v) is 2.25. The van der Waals surface area contributed by atoms with Gasteiger partial charge in [0.15, 0.2) is 0 Å². The highest BCUT2D eigenvalue weighted by molar-refractivity contribution is 9.10. The van der Waals surface area contributed by atoms with Crippen LogP contribution in [0.3, 0.4) is 0 Å². The van der Waals surface area contributed by atoms with Crippen molar-refractivity contribution in [3.05, 3.63) is 52.0 Å². The van der Waals surface area contributed by atoms with Crippen molar-refractivity contribution in [2.24, 2.45) is 5.92 Å². The zero-order chi connectivity index (χ0) is 14.5. The number of nitrogens with zero attached hydrogens (tertiary/aromatic N) is 2. The smallest absolute Gasteiger partial charge is 0.129 e. The fourth-order valence-electron chi connectivity index (χ4n) is 1.91. The van der Waals surface area contributed by atoms with Crippen LogP contribution in [0.15, 0.2) is 35.1 Å². The molecule has 20 heavy (non-hydrogen) atoms. The average Bonchev–Trinajstić information content (AvgIpc) is 2.80. The Morgan fingerprint density at radius 1 is 1.40 bits per heavy atom. The second kappa shape index (κ2) is 6.99. The third-order valence-corrected chi connectivity index (χ3v) is 3.41. The number of nitrogens with one attached hydrogen (secondary N) is 1. The van der Waals surface area contributed by atoms with Crippen molar-refractivity contribution in [3.63, 3.8) is 0 Å². The van der Waals surface area contributed by atoms with Gasteiger partial charge in [-0.1, -0.05) is 35.8 Å². The third-order valence-electron chi connectivity index (χ3n) is 2.92. The first-order valence-corrected chi connectivity index (χ1v) is 7.50. The maximum absolute atomic E-state index is 13.8. The molecule has 0 saturated heterocycles. The largest absolute Gasteiger partial charge is 0.312 e. The quantitative estimate of drug-likeness (QED) is 0.871. The maximum atomic E-state index is 13.8. The van der Waals surface area contributed by atoms with E-state index < -0.39 is 0 Å². The lowest BCUT2D eigenvalue weighted by molar-refractivity contribution is 0.551. The topological polar surface area (TPSA) is 29.9 Å². The van der Waals surface area contributed by atoms with Crippen LogP contribution in [0.1, 0.15) is 25.0 Å². The fraction of sp³-hybridized carbons (Fsp3) is 0.400. The Balaban J connectivity index is 1.95. The second-order valence-corrected chi connectivity index (χ2v) is 6.22. The molecule has 1 aromatic heterocycles. The first-order chi connectivity index (χ1) is 9.54. The number of hydrogen-bond donors (Lipinski definition) is 1. The number of hydrogen-bond acceptors (Lipinski definition) is 2. The van der Waals surface area contributed by atoms with E-state index in [1.54, 1.807) is 10.7 Å². The Morgan fingerprint density at radius 3 is 2.90 bits per heavy atom. The molecular formula is C15H19BrFN3. The highest BCUT2D eigenvalue weighted by Gasteiger charge is 2.05. The van der Waals surface area contributed by atoms with Crippen LogP contribution in [0.5, 0.6) is 0 Å². The Morgan fingerprint density at radius 2 is 2.20 bits per heavy atom. The van der Waals surface area contributed by atoms with E-state index in [0.717, 1.165) is 23.1 Å². The molecule has 0 aliphatic heterocycles. The minimum Gasteiger partial charge on any atom is -0.312 e. The molecule has 2 aromatic rings. The van der Waals surface area contributed by atoms with Crippen molar-refractivity contribution in [2.75, 3.05) is 6.54 Å². The van der Waals surface area contributed by atoms with E-state index in [0.29, 0.717) is 18.0 Å². The number of aromatic nitrogens is 2. The van der Waals surface area contributed by atoms with E-state index >= 15 is 0 Å². The summed E-state index contributed by atoms with van der Waals surface area (Å²) >= 11 is 3.26. The van der Waals surface area contributed by atoms with E-state index in [4.69, 9.17) is 0 Å². The molecular weight excluding hydrogens is 321 g/mol. The molecule has 0 amide bonds. The predicted molar refractivity (Wildman–Crippen MR) is 82.0 cm³/mol. The van der Waals surface area contributed by atoms with Gasteiger partial charge in [-0.05, 0) is 24.6 Å². The lowest BCUT2D eigenvalue weighted by atomic mass is 10.2. The molecule has 5 heteroatoms. The molecule has 1 heterocycles. The van der Waals surface area contributed by atoms with Gasteiger partial charge in [0.25, 0.3) is 0 Å². The summed E-state index contributed by atoms with van der Waals surface area (Å²) in [5.41, 5.74) is 1.75. The molecule has 1 aromatic carbocycles. The molecule has 108 valence electrons. The maximum Gasteiger partial charge on any atom is 0.129 e. The first kappa shape index (κ1) is 15.2. The molecule has 2 rings (SSSR count). The van der Waals surface area contributed by atoms with Gasteiger partial charge in [-0.2, -0.15) is 5.10 Å². The monoisotopic (exact) mass is 339 g/mol. The van der Waals surface area contributed by atoms with E-state index in [-0.39, 0.29) is 5.82 Å². The summed E-state index contributed by atoms with van der Waals surface area (Å²) < 4.78 is 16.3. The van der Waals surface area contributed by atoms with Crippen molar-refractivity contribution >= 4 is 15.9 Å². The van der Waals surface area contributed by atoms with Crippen molar-refractivity contribution < 1.29 is 4.39 Å². The van der Waals surface area contributed by atoms with Gasteiger partial charge in [-0.25, -0.2) is 4.39 Å². The summed E-state index contributed by atoms with van der Waals surface area (Å²) in [4.78, 5) is 0. The van der Waals surface area contributed by atoms with Gasteiger partial charge in [0.05, 0.1) is 12.7 Å². The van der Waals surface area contributed by atoms with Gasteiger partial charge in [0.2, 0.25) is 0 Å². The molecule has 0 aliphatic rings. The number of halogens is 2. The van der Waals surface area contributed by atoms with Crippen molar-refractivity contribution in [1.29, 1.82) is 0 Å². The van der Waals surface area contributed by atoms with Crippen LogP contribution in [-0.4, -0.2) is 16.3 Å². The van der Waals surface area contributed by atoms with Crippen LogP contribution in [0.25, 0.3) is 0 Å². The van der Waals surface area contributed by atoms with E-state index in [1.807, 2.05) is 18.5 Å². The SMILES string of the molecule is CC(C)CNCc1cnn(Cc2ccc(Br)cc2F)c1. The normalized spacial score (nSPS) is 11.2. The first-order valence-electron chi connectivity index (χ1n) is 6.70. The van der Waals surface area contributed by atoms with Gasteiger partial charge >= 0.3 is 0 Å².